The molecule has 2 N–H and O–H groups in total. The van der Waals surface area contributed by atoms with Crippen molar-refractivity contribution in [2.45, 2.75) is 44.8 Å². The Morgan fingerprint density at radius 1 is 1.32 bits per heavy atom. The van der Waals surface area contributed by atoms with Crippen LogP contribution >= 0.6 is 0 Å². The molecule has 0 aromatic rings. The zero-order chi connectivity index (χ0) is 13.5. The normalized spacial score (nSPS) is 31.3. The van der Waals surface area contributed by atoms with Crippen molar-refractivity contribution in [1.82, 2.24) is 10.4 Å². The van der Waals surface area contributed by atoms with E-state index in [9.17, 15) is 5.11 Å². The molecule has 2 rings (SSSR count). The molecule has 0 aromatic heterocycles. The van der Waals surface area contributed by atoms with Gasteiger partial charge in [0.2, 0.25) is 0 Å². The Morgan fingerprint density at radius 3 is 2.79 bits per heavy atom. The topological polar surface area (TPSA) is 54.0 Å². The number of hydrogen-bond donors (Lipinski definition) is 2. The van der Waals surface area contributed by atoms with Crippen molar-refractivity contribution in [3.63, 3.8) is 0 Å². The maximum Gasteiger partial charge on any atom is 0.0911 e. The molecule has 1 heterocycles. The molecule has 1 aliphatic carbocycles. The Labute approximate surface area is 116 Å². The predicted molar refractivity (Wildman–Crippen MR) is 73.8 cm³/mol. The lowest BCUT2D eigenvalue weighted by atomic mass is 9.88. The Hall–Kier alpha value is -0.200. The van der Waals surface area contributed by atoms with E-state index in [1.165, 1.54) is 19.3 Å². The second kappa shape index (κ2) is 8.17. The standard InChI is InChI=1S/C14H28N2O3/c1-12-4-2-3-5-14(12)19-11-13(17)10-15-16-6-8-18-9-7-16/h12-15,17H,2-11H2,1H3. The van der Waals surface area contributed by atoms with Crippen LogP contribution < -0.4 is 5.43 Å². The monoisotopic (exact) mass is 272 g/mol. The van der Waals surface area contributed by atoms with Crippen LogP contribution in [0.4, 0.5) is 0 Å². The Balaban J connectivity index is 1.57. The Morgan fingerprint density at radius 2 is 2.05 bits per heavy atom. The smallest absolute Gasteiger partial charge is 0.0911 e. The highest BCUT2D eigenvalue weighted by atomic mass is 16.5. The summed E-state index contributed by atoms with van der Waals surface area (Å²) in [6.45, 7) is 6.54. The molecule has 1 saturated heterocycles. The van der Waals surface area contributed by atoms with Gasteiger partial charge in [-0.25, -0.2) is 5.01 Å². The lowest BCUT2D eigenvalue weighted by Gasteiger charge is -2.31. The van der Waals surface area contributed by atoms with Crippen LogP contribution in [0.3, 0.4) is 0 Å². The second-order valence-corrected chi connectivity index (χ2v) is 5.75. The van der Waals surface area contributed by atoms with Gasteiger partial charge in [0.05, 0.1) is 32.0 Å². The Kier molecular flexibility index (Phi) is 6.53. The third kappa shape index (κ3) is 5.36. The lowest BCUT2D eigenvalue weighted by molar-refractivity contribution is -0.0538. The van der Waals surface area contributed by atoms with Gasteiger partial charge in [-0.2, -0.15) is 0 Å². The number of hydrazine groups is 1. The quantitative estimate of drug-likeness (QED) is 0.748. The number of aliphatic hydroxyl groups is 1. The first-order valence-corrected chi connectivity index (χ1v) is 7.61. The van der Waals surface area contributed by atoms with Gasteiger partial charge in [0.15, 0.2) is 0 Å². The summed E-state index contributed by atoms with van der Waals surface area (Å²) in [5.41, 5.74) is 3.24. The minimum atomic E-state index is -0.433. The van der Waals surface area contributed by atoms with Crippen molar-refractivity contribution >= 4 is 0 Å². The molecule has 1 saturated carbocycles. The Bertz CT molecular complexity index is 247. The molecule has 0 spiro atoms. The largest absolute Gasteiger partial charge is 0.389 e. The van der Waals surface area contributed by atoms with Crippen molar-refractivity contribution in [2.24, 2.45) is 5.92 Å². The summed E-state index contributed by atoms with van der Waals surface area (Å²) in [5, 5.41) is 12.1. The van der Waals surface area contributed by atoms with Crippen LogP contribution in [0.25, 0.3) is 0 Å². The minimum Gasteiger partial charge on any atom is -0.389 e. The third-order valence-corrected chi connectivity index (χ3v) is 4.10. The first-order valence-electron chi connectivity index (χ1n) is 7.61. The number of ether oxygens (including phenoxy) is 2. The number of nitrogens with zero attached hydrogens (tertiary/aromatic N) is 1. The number of aliphatic hydroxyl groups excluding tert-OH is 1. The molecule has 0 radical (unpaired) electrons. The molecule has 112 valence electrons. The molecular weight excluding hydrogens is 244 g/mol. The van der Waals surface area contributed by atoms with Crippen LogP contribution in [-0.4, -0.2) is 61.8 Å². The van der Waals surface area contributed by atoms with Crippen molar-refractivity contribution in [1.29, 1.82) is 0 Å². The molecule has 0 amide bonds. The summed E-state index contributed by atoms with van der Waals surface area (Å²) in [6, 6.07) is 0. The third-order valence-electron chi connectivity index (χ3n) is 4.10. The van der Waals surface area contributed by atoms with Crippen molar-refractivity contribution < 1.29 is 14.6 Å². The summed E-state index contributed by atoms with van der Waals surface area (Å²) in [7, 11) is 0. The van der Waals surface area contributed by atoms with E-state index in [0.29, 0.717) is 25.2 Å². The van der Waals surface area contributed by atoms with E-state index in [2.05, 4.69) is 17.4 Å². The van der Waals surface area contributed by atoms with Crippen LogP contribution in [0.1, 0.15) is 32.6 Å². The molecule has 5 nitrogen and oxygen atoms in total. The minimum absolute atomic E-state index is 0.340. The molecule has 0 bridgehead atoms. The highest BCUT2D eigenvalue weighted by Gasteiger charge is 2.22. The van der Waals surface area contributed by atoms with Gasteiger partial charge in [0.25, 0.3) is 0 Å². The first-order chi connectivity index (χ1) is 9.25. The van der Waals surface area contributed by atoms with Gasteiger partial charge in [0, 0.05) is 19.6 Å². The van der Waals surface area contributed by atoms with Gasteiger partial charge < -0.3 is 14.6 Å². The van der Waals surface area contributed by atoms with Gasteiger partial charge >= 0.3 is 0 Å². The molecule has 3 atom stereocenters. The highest BCUT2D eigenvalue weighted by molar-refractivity contribution is 4.73. The van der Waals surface area contributed by atoms with Crippen LogP contribution in [0, 0.1) is 5.92 Å². The predicted octanol–water partition coefficient (Wildman–Crippen LogP) is 0.779. The molecule has 2 aliphatic rings. The lowest BCUT2D eigenvalue weighted by Crippen LogP contribution is -2.49. The van der Waals surface area contributed by atoms with E-state index in [-0.39, 0.29) is 0 Å². The van der Waals surface area contributed by atoms with Crippen molar-refractivity contribution in [3.05, 3.63) is 0 Å². The van der Waals surface area contributed by atoms with Crippen molar-refractivity contribution in [2.75, 3.05) is 39.5 Å². The fourth-order valence-corrected chi connectivity index (χ4v) is 2.78. The number of morpholine rings is 1. The van der Waals surface area contributed by atoms with E-state index in [1.54, 1.807) is 0 Å². The van der Waals surface area contributed by atoms with Crippen LogP contribution in [0.15, 0.2) is 0 Å². The summed E-state index contributed by atoms with van der Waals surface area (Å²) in [6.07, 6.45) is 4.89. The van der Waals surface area contributed by atoms with Gasteiger partial charge in [-0.1, -0.05) is 19.8 Å². The number of nitrogens with one attached hydrogen (secondary N) is 1. The van der Waals surface area contributed by atoms with Crippen LogP contribution in [0.2, 0.25) is 0 Å². The summed E-state index contributed by atoms with van der Waals surface area (Å²) < 4.78 is 11.1. The number of rotatable bonds is 6. The van der Waals surface area contributed by atoms with E-state index in [1.807, 2.05) is 0 Å². The fraction of sp³-hybridized carbons (Fsp3) is 1.00. The fourth-order valence-electron chi connectivity index (χ4n) is 2.78. The van der Waals surface area contributed by atoms with Crippen LogP contribution in [-0.2, 0) is 9.47 Å². The van der Waals surface area contributed by atoms with E-state index < -0.39 is 6.10 Å². The molecule has 2 fully saturated rings. The highest BCUT2D eigenvalue weighted by Crippen LogP contribution is 2.26. The molecule has 5 heteroatoms. The molecule has 1 aliphatic heterocycles. The van der Waals surface area contributed by atoms with Gasteiger partial charge in [0.1, 0.15) is 0 Å². The summed E-state index contributed by atoms with van der Waals surface area (Å²) in [4.78, 5) is 0. The zero-order valence-corrected chi connectivity index (χ0v) is 12.0. The molecule has 0 aromatic carbocycles. The second-order valence-electron chi connectivity index (χ2n) is 5.75. The average molecular weight is 272 g/mol. The van der Waals surface area contributed by atoms with E-state index in [4.69, 9.17) is 9.47 Å². The first kappa shape index (κ1) is 15.2. The average Bonchev–Trinajstić information content (AvgIpc) is 2.45. The maximum absolute atomic E-state index is 9.95. The molecule has 3 unspecified atom stereocenters. The van der Waals surface area contributed by atoms with Gasteiger partial charge in [-0.3, -0.25) is 5.43 Å². The van der Waals surface area contributed by atoms with Crippen LogP contribution in [0.5, 0.6) is 0 Å². The number of hydrogen-bond acceptors (Lipinski definition) is 5. The summed E-state index contributed by atoms with van der Waals surface area (Å²) in [5.74, 6) is 0.633. The zero-order valence-electron chi connectivity index (χ0n) is 12.0. The van der Waals surface area contributed by atoms with Gasteiger partial charge in [-0.15, -0.1) is 0 Å². The van der Waals surface area contributed by atoms with E-state index in [0.717, 1.165) is 32.7 Å². The maximum atomic E-state index is 9.95. The summed E-state index contributed by atoms with van der Waals surface area (Å²) >= 11 is 0. The molecular formula is C14H28N2O3. The van der Waals surface area contributed by atoms with Gasteiger partial charge in [-0.05, 0) is 18.8 Å². The van der Waals surface area contributed by atoms with Crippen molar-refractivity contribution in [3.8, 4) is 0 Å². The molecule has 19 heavy (non-hydrogen) atoms. The SMILES string of the molecule is CC1CCCCC1OCC(O)CNN1CCOCC1. The van der Waals surface area contributed by atoms with E-state index >= 15 is 0 Å².